The summed E-state index contributed by atoms with van der Waals surface area (Å²) in [5, 5.41) is 3.23. The first-order valence-electron chi connectivity index (χ1n) is 6.00. The molecule has 0 aromatic carbocycles. The molecule has 3 nitrogen and oxygen atoms in total. The van der Waals surface area contributed by atoms with Gasteiger partial charge in [0, 0.05) is 29.0 Å². The van der Waals surface area contributed by atoms with Gasteiger partial charge in [0.15, 0.2) is 0 Å². The van der Waals surface area contributed by atoms with Gasteiger partial charge < -0.3 is 9.64 Å². The van der Waals surface area contributed by atoms with Crippen LogP contribution in [0.4, 0.5) is 0 Å². The number of rotatable bonds is 3. The van der Waals surface area contributed by atoms with Gasteiger partial charge in [0.1, 0.15) is 0 Å². The third-order valence-electron chi connectivity index (χ3n) is 3.42. The van der Waals surface area contributed by atoms with Crippen molar-refractivity contribution in [1.29, 1.82) is 0 Å². The summed E-state index contributed by atoms with van der Waals surface area (Å²) in [7, 11) is 2.19. The van der Waals surface area contributed by atoms with Crippen LogP contribution in [0, 0.1) is 6.92 Å². The van der Waals surface area contributed by atoms with Crippen molar-refractivity contribution in [3.8, 4) is 0 Å². The summed E-state index contributed by atoms with van der Waals surface area (Å²) in [5.41, 5.74) is 1.09. The molecular formula is C12H18N2OS2. The summed E-state index contributed by atoms with van der Waals surface area (Å²) in [6.45, 7) is 5.18. The second-order valence-corrected chi connectivity index (χ2v) is 7.71. The van der Waals surface area contributed by atoms with Crippen LogP contribution in [0.3, 0.4) is 0 Å². The molecule has 3 rings (SSSR count). The van der Waals surface area contributed by atoms with Crippen molar-refractivity contribution in [3.05, 3.63) is 16.1 Å². The van der Waals surface area contributed by atoms with Crippen molar-refractivity contribution in [3.63, 3.8) is 0 Å². The maximum atomic E-state index is 5.97. The van der Waals surface area contributed by atoms with Crippen LogP contribution in [0.1, 0.15) is 17.1 Å². The van der Waals surface area contributed by atoms with Gasteiger partial charge in [0.2, 0.25) is 0 Å². The van der Waals surface area contributed by atoms with E-state index in [1.54, 1.807) is 11.3 Å². The molecule has 2 saturated heterocycles. The Bertz CT molecular complexity index is 401. The zero-order valence-electron chi connectivity index (χ0n) is 10.3. The molecule has 0 radical (unpaired) electrons. The Morgan fingerprint density at radius 2 is 2.41 bits per heavy atom. The SMILES string of the molecule is Cc1nc(COC2CSC3(C2)CN(C)C3)cs1. The van der Waals surface area contributed by atoms with Crippen molar-refractivity contribution in [2.45, 2.75) is 30.8 Å². The fraction of sp³-hybridized carbons (Fsp3) is 0.750. The fourth-order valence-electron chi connectivity index (χ4n) is 2.75. The van der Waals surface area contributed by atoms with Crippen LogP contribution in [0.15, 0.2) is 5.38 Å². The predicted molar refractivity (Wildman–Crippen MR) is 72.7 cm³/mol. The van der Waals surface area contributed by atoms with Gasteiger partial charge in [-0.3, -0.25) is 0 Å². The lowest BCUT2D eigenvalue weighted by Gasteiger charge is -2.45. The first-order chi connectivity index (χ1) is 8.15. The van der Waals surface area contributed by atoms with Crippen LogP contribution < -0.4 is 0 Å². The molecule has 1 spiro atoms. The molecule has 1 aromatic heterocycles. The van der Waals surface area contributed by atoms with E-state index in [9.17, 15) is 0 Å². The van der Waals surface area contributed by atoms with E-state index in [4.69, 9.17) is 4.74 Å². The molecule has 1 atom stereocenters. The Labute approximate surface area is 111 Å². The van der Waals surface area contributed by atoms with E-state index >= 15 is 0 Å². The van der Waals surface area contributed by atoms with Gasteiger partial charge in [-0.25, -0.2) is 4.98 Å². The van der Waals surface area contributed by atoms with Crippen LogP contribution in [0.2, 0.25) is 0 Å². The third-order valence-corrected chi connectivity index (χ3v) is 5.82. The van der Waals surface area contributed by atoms with Crippen LogP contribution in [0.5, 0.6) is 0 Å². The van der Waals surface area contributed by atoms with Gasteiger partial charge in [0.25, 0.3) is 0 Å². The van der Waals surface area contributed by atoms with E-state index < -0.39 is 0 Å². The number of aryl methyl sites for hydroxylation is 1. The summed E-state index contributed by atoms with van der Waals surface area (Å²) < 4.78 is 6.48. The highest BCUT2D eigenvalue weighted by Gasteiger charge is 2.47. The van der Waals surface area contributed by atoms with Crippen LogP contribution in [-0.2, 0) is 11.3 Å². The highest BCUT2D eigenvalue weighted by molar-refractivity contribution is 8.01. The Kier molecular flexibility index (Phi) is 3.19. The highest BCUT2D eigenvalue weighted by Crippen LogP contribution is 2.45. The molecule has 0 bridgehead atoms. The Morgan fingerprint density at radius 3 is 3.06 bits per heavy atom. The molecule has 2 aliphatic heterocycles. The fourth-order valence-corrected chi connectivity index (χ4v) is 5.02. The lowest BCUT2D eigenvalue weighted by molar-refractivity contribution is 0.0319. The van der Waals surface area contributed by atoms with Gasteiger partial charge in [-0.2, -0.15) is 0 Å². The average Bonchev–Trinajstić information content (AvgIpc) is 2.82. The minimum Gasteiger partial charge on any atom is -0.371 e. The standard InChI is InChI=1S/C12H18N2OS2/c1-9-13-10(5-16-9)4-15-11-3-12(17-6-11)7-14(2)8-12/h5,11H,3-4,6-8H2,1-2H3. The molecule has 0 amide bonds. The molecule has 2 aliphatic rings. The maximum Gasteiger partial charge on any atom is 0.0900 e. The summed E-state index contributed by atoms with van der Waals surface area (Å²) >= 11 is 3.80. The molecule has 5 heteroatoms. The number of ether oxygens (including phenoxy) is 1. The molecule has 0 aliphatic carbocycles. The van der Waals surface area contributed by atoms with E-state index in [1.165, 1.54) is 19.5 Å². The van der Waals surface area contributed by atoms with Gasteiger partial charge >= 0.3 is 0 Å². The predicted octanol–water partition coefficient (Wildman–Crippen LogP) is 2.16. The molecule has 3 heterocycles. The van der Waals surface area contributed by atoms with E-state index in [2.05, 4.69) is 34.1 Å². The molecule has 2 fully saturated rings. The number of thiazole rings is 1. The second-order valence-electron chi connectivity index (χ2n) is 5.16. The Balaban J connectivity index is 1.48. The topological polar surface area (TPSA) is 25.4 Å². The van der Waals surface area contributed by atoms with Crippen LogP contribution in [-0.4, -0.2) is 46.6 Å². The van der Waals surface area contributed by atoms with Gasteiger partial charge in [-0.1, -0.05) is 0 Å². The zero-order valence-corrected chi connectivity index (χ0v) is 11.9. The van der Waals surface area contributed by atoms with Crippen molar-refractivity contribution >= 4 is 23.1 Å². The van der Waals surface area contributed by atoms with Crippen molar-refractivity contribution in [1.82, 2.24) is 9.88 Å². The second kappa shape index (κ2) is 4.53. The first-order valence-corrected chi connectivity index (χ1v) is 7.87. The molecule has 17 heavy (non-hydrogen) atoms. The zero-order chi connectivity index (χ0) is 11.9. The monoisotopic (exact) mass is 270 g/mol. The van der Waals surface area contributed by atoms with Gasteiger partial charge in [-0.15, -0.1) is 23.1 Å². The quantitative estimate of drug-likeness (QED) is 0.840. The highest BCUT2D eigenvalue weighted by atomic mass is 32.2. The number of thioether (sulfide) groups is 1. The molecular weight excluding hydrogens is 252 g/mol. The van der Waals surface area contributed by atoms with Crippen molar-refractivity contribution < 1.29 is 4.74 Å². The van der Waals surface area contributed by atoms with E-state index in [0.717, 1.165) is 16.5 Å². The third kappa shape index (κ3) is 2.52. The Morgan fingerprint density at radius 1 is 1.59 bits per heavy atom. The lowest BCUT2D eigenvalue weighted by Crippen LogP contribution is -2.56. The molecule has 0 N–H and O–H groups in total. The maximum absolute atomic E-state index is 5.97. The van der Waals surface area contributed by atoms with Crippen molar-refractivity contribution in [2.24, 2.45) is 0 Å². The lowest BCUT2D eigenvalue weighted by atomic mass is 9.94. The van der Waals surface area contributed by atoms with E-state index in [1.807, 2.05) is 6.92 Å². The number of likely N-dealkylation sites (tertiary alicyclic amines) is 1. The first kappa shape index (κ1) is 12.0. The van der Waals surface area contributed by atoms with E-state index in [-0.39, 0.29) is 0 Å². The van der Waals surface area contributed by atoms with Gasteiger partial charge in [0.05, 0.1) is 23.4 Å². The minimum absolute atomic E-state index is 0.427. The summed E-state index contributed by atoms with van der Waals surface area (Å²) in [4.78, 5) is 6.82. The molecule has 0 saturated carbocycles. The Hall–Kier alpha value is -0.100. The normalized spacial score (nSPS) is 27.5. The molecule has 1 unspecified atom stereocenters. The summed E-state index contributed by atoms with van der Waals surface area (Å²) in [6.07, 6.45) is 1.64. The average molecular weight is 270 g/mol. The number of hydrogen-bond donors (Lipinski definition) is 0. The number of hydrogen-bond acceptors (Lipinski definition) is 5. The van der Waals surface area contributed by atoms with Gasteiger partial charge in [-0.05, 0) is 20.4 Å². The van der Waals surface area contributed by atoms with Crippen molar-refractivity contribution in [2.75, 3.05) is 25.9 Å². The molecule has 1 aromatic rings. The van der Waals surface area contributed by atoms with E-state index in [0.29, 0.717) is 17.5 Å². The number of nitrogens with zero attached hydrogens (tertiary/aromatic N) is 2. The van der Waals surface area contributed by atoms with Crippen LogP contribution in [0.25, 0.3) is 0 Å². The summed E-state index contributed by atoms with van der Waals surface area (Å²) in [5.74, 6) is 1.15. The largest absolute Gasteiger partial charge is 0.371 e. The minimum atomic E-state index is 0.427. The molecule has 94 valence electrons. The summed E-state index contributed by atoms with van der Waals surface area (Å²) in [6, 6.07) is 0. The van der Waals surface area contributed by atoms with Crippen LogP contribution >= 0.6 is 23.1 Å². The number of aromatic nitrogens is 1. The smallest absolute Gasteiger partial charge is 0.0900 e.